The Balaban J connectivity index is 1.37. The molecule has 308 valence electrons. The molecule has 1 spiro atoms. The summed E-state index contributed by atoms with van der Waals surface area (Å²) in [5, 5.41) is 14.4. The summed E-state index contributed by atoms with van der Waals surface area (Å²) in [7, 11) is 6.24. The van der Waals surface area contributed by atoms with Gasteiger partial charge >= 0.3 is 17.9 Å². The van der Waals surface area contributed by atoms with Crippen molar-refractivity contribution >= 4 is 34.5 Å². The highest BCUT2D eigenvalue weighted by atomic mass is 16.6. The molecule has 6 heterocycles. The molecule has 1 unspecified atom stereocenters. The fourth-order valence-corrected chi connectivity index (χ4v) is 13.0. The van der Waals surface area contributed by atoms with Gasteiger partial charge in [0.25, 0.3) is 0 Å². The molecule has 6 aliphatic rings. The number of aromatic amines is 1. The van der Waals surface area contributed by atoms with Gasteiger partial charge in [0, 0.05) is 90.9 Å². The number of fused-ring (bicyclic) bond motifs is 6. The third-order valence-electron chi connectivity index (χ3n) is 15.1. The lowest BCUT2D eigenvalue weighted by Gasteiger charge is -2.63. The highest BCUT2D eigenvalue weighted by molar-refractivity contribution is 5.95. The summed E-state index contributed by atoms with van der Waals surface area (Å²) in [5.41, 5.74) is 1.10. The van der Waals surface area contributed by atoms with Crippen LogP contribution in [-0.2, 0) is 45.8 Å². The van der Waals surface area contributed by atoms with Crippen molar-refractivity contribution in [3.8, 4) is 5.75 Å². The number of likely N-dealkylation sites (N-methyl/N-ethyl adjacent to an activating group) is 1. The zero-order chi connectivity index (χ0) is 40.9. The van der Waals surface area contributed by atoms with Crippen LogP contribution in [-0.4, -0.2) is 123 Å². The van der Waals surface area contributed by atoms with Gasteiger partial charge in [0.05, 0.1) is 27.4 Å². The molecular weight excluding hydrogens is 737 g/mol. The van der Waals surface area contributed by atoms with Crippen molar-refractivity contribution in [2.45, 2.75) is 87.5 Å². The minimum absolute atomic E-state index is 0.0217. The first-order chi connectivity index (χ1) is 27.9. The monoisotopic (exact) mass is 792 g/mol. The molecule has 1 aliphatic carbocycles. The highest BCUT2D eigenvalue weighted by Gasteiger charge is 2.80. The van der Waals surface area contributed by atoms with Crippen LogP contribution in [0.5, 0.6) is 5.75 Å². The molecule has 1 saturated heterocycles. The van der Waals surface area contributed by atoms with E-state index in [0.717, 1.165) is 65.9 Å². The van der Waals surface area contributed by atoms with E-state index in [1.807, 2.05) is 37.1 Å². The van der Waals surface area contributed by atoms with Gasteiger partial charge in [-0.25, -0.2) is 4.79 Å². The lowest BCUT2D eigenvalue weighted by Crippen LogP contribution is -2.81. The van der Waals surface area contributed by atoms with Crippen molar-refractivity contribution in [2.24, 2.45) is 11.3 Å². The largest absolute Gasteiger partial charge is 0.496 e. The third kappa shape index (κ3) is 4.94. The number of esters is 3. The number of nitrogens with one attached hydrogen (secondary N) is 1. The second-order valence-electron chi connectivity index (χ2n) is 17.5. The highest BCUT2D eigenvalue weighted by Crippen LogP contribution is 2.68. The number of ether oxygens (including phenoxy) is 4. The van der Waals surface area contributed by atoms with Gasteiger partial charge in [-0.05, 0) is 67.8 Å². The number of methoxy groups -OCH3 is 3. The summed E-state index contributed by atoms with van der Waals surface area (Å²) >= 11 is 0. The molecule has 2 aromatic carbocycles. The Morgan fingerprint density at radius 3 is 2.48 bits per heavy atom. The SMILES string of the molecule is CCC1=C[C@H]2CN(CCc3c([nH]c4ccccc34)[C@](C(=O)OC)(c3cc4c(cc3OC)N(C)[C@@H]3[C@](O)(C(=O)OC)[C@H](OC(C)=O)[C@]5(CC)C=CCN6CC[C@]43[C@H]65)C2)C1. The van der Waals surface area contributed by atoms with Crippen LogP contribution in [0.1, 0.15) is 68.8 Å². The van der Waals surface area contributed by atoms with Gasteiger partial charge in [-0.15, -0.1) is 0 Å². The molecule has 12 nitrogen and oxygen atoms in total. The van der Waals surface area contributed by atoms with Crippen LogP contribution in [0.4, 0.5) is 5.69 Å². The molecular formula is C46H56N4O8. The van der Waals surface area contributed by atoms with Crippen molar-refractivity contribution in [2.75, 3.05) is 66.0 Å². The van der Waals surface area contributed by atoms with Crippen molar-refractivity contribution < 1.29 is 38.4 Å². The van der Waals surface area contributed by atoms with Crippen LogP contribution in [0.2, 0.25) is 0 Å². The van der Waals surface area contributed by atoms with E-state index in [4.69, 9.17) is 18.9 Å². The molecule has 9 rings (SSSR count). The number of anilines is 1. The molecule has 1 saturated carbocycles. The Labute approximate surface area is 340 Å². The second-order valence-corrected chi connectivity index (χ2v) is 17.5. The van der Waals surface area contributed by atoms with Crippen LogP contribution in [0.25, 0.3) is 10.9 Å². The zero-order valence-electron chi connectivity index (χ0n) is 34.7. The molecule has 9 atom stereocenters. The van der Waals surface area contributed by atoms with Gasteiger partial charge in [-0.3, -0.25) is 19.4 Å². The van der Waals surface area contributed by atoms with E-state index < -0.39 is 45.9 Å². The molecule has 2 fully saturated rings. The van der Waals surface area contributed by atoms with Crippen molar-refractivity contribution in [1.82, 2.24) is 14.8 Å². The van der Waals surface area contributed by atoms with Crippen molar-refractivity contribution in [3.05, 3.63) is 82.6 Å². The molecule has 12 heteroatoms. The molecule has 2 N–H and O–H groups in total. The average Bonchev–Trinajstić information content (AvgIpc) is 3.89. The van der Waals surface area contributed by atoms with Gasteiger partial charge in [0.15, 0.2) is 6.10 Å². The Hall–Kier alpha value is -4.65. The smallest absolute Gasteiger partial charge is 0.344 e. The number of H-pyrrole nitrogens is 1. The number of aliphatic hydroxyl groups is 1. The minimum Gasteiger partial charge on any atom is -0.496 e. The number of hydrogen-bond donors (Lipinski definition) is 2. The number of aromatic nitrogens is 1. The van der Waals surface area contributed by atoms with Gasteiger partial charge in [0.1, 0.15) is 11.2 Å². The van der Waals surface area contributed by atoms with Crippen molar-refractivity contribution in [1.29, 1.82) is 0 Å². The van der Waals surface area contributed by atoms with Gasteiger partial charge in [-0.2, -0.15) is 0 Å². The number of carbonyl (C=O) groups is 3. The first-order valence-electron chi connectivity index (χ1n) is 20.8. The van der Waals surface area contributed by atoms with Gasteiger partial charge < -0.3 is 33.9 Å². The van der Waals surface area contributed by atoms with E-state index in [9.17, 15) is 14.7 Å². The molecule has 0 amide bonds. The first kappa shape index (κ1) is 38.8. The average molecular weight is 793 g/mol. The number of benzene rings is 2. The maximum atomic E-state index is 15.3. The molecule has 58 heavy (non-hydrogen) atoms. The van der Waals surface area contributed by atoms with Gasteiger partial charge in [0.2, 0.25) is 5.60 Å². The fraction of sp³-hybridized carbons (Fsp3) is 0.543. The molecule has 3 aromatic rings. The lowest BCUT2D eigenvalue weighted by atomic mass is 9.47. The Kier molecular flexibility index (Phi) is 9.18. The van der Waals surface area contributed by atoms with Crippen LogP contribution in [0.15, 0.2) is 60.2 Å². The van der Waals surface area contributed by atoms with E-state index >= 15 is 4.79 Å². The topological polar surface area (TPSA) is 134 Å². The maximum absolute atomic E-state index is 15.3. The van der Waals surface area contributed by atoms with E-state index in [2.05, 4.69) is 58.1 Å². The van der Waals surface area contributed by atoms with E-state index in [1.165, 1.54) is 26.7 Å². The van der Waals surface area contributed by atoms with Gasteiger partial charge in [-0.1, -0.05) is 55.8 Å². The Morgan fingerprint density at radius 1 is 1.00 bits per heavy atom. The summed E-state index contributed by atoms with van der Waals surface area (Å²) in [4.78, 5) is 53.4. The summed E-state index contributed by atoms with van der Waals surface area (Å²) < 4.78 is 24.0. The first-order valence-corrected chi connectivity index (χ1v) is 20.8. The predicted octanol–water partition coefficient (Wildman–Crippen LogP) is 4.80. The predicted molar refractivity (Wildman–Crippen MR) is 219 cm³/mol. The number of hydrogen-bond acceptors (Lipinski definition) is 11. The summed E-state index contributed by atoms with van der Waals surface area (Å²) in [6.07, 6.45) is 8.43. The number of carbonyl (C=O) groups excluding carboxylic acids is 3. The lowest BCUT2D eigenvalue weighted by molar-refractivity contribution is -0.228. The van der Waals surface area contributed by atoms with E-state index in [1.54, 1.807) is 7.11 Å². The number of para-hydroxylation sites is 1. The van der Waals surface area contributed by atoms with E-state index in [0.29, 0.717) is 43.7 Å². The zero-order valence-corrected chi connectivity index (χ0v) is 34.7. The number of rotatable bonds is 7. The van der Waals surface area contributed by atoms with Crippen LogP contribution >= 0.6 is 0 Å². The molecule has 2 bridgehead atoms. The summed E-state index contributed by atoms with van der Waals surface area (Å²) in [6, 6.07) is 11.2. The molecule has 0 radical (unpaired) electrons. The summed E-state index contributed by atoms with van der Waals surface area (Å²) in [6.45, 7) is 9.44. The minimum atomic E-state index is -2.28. The van der Waals surface area contributed by atoms with Crippen LogP contribution in [0, 0.1) is 11.3 Å². The fourth-order valence-electron chi connectivity index (χ4n) is 13.0. The Bertz CT molecular complexity index is 2270. The van der Waals surface area contributed by atoms with Crippen LogP contribution in [0.3, 0.4) is 0 Å². The summed E-state index contributed by atoms with van der Waals surface area (Å²) in [5.74, 6) is -1.31. The number of nitrogens with zero attached hydrogens (tertiary/aromatic N) is 3. The van der Waals surface area contributed by atoms with Crippen molar-refractivity contribution in [3.63, 3.8) is 0 Å². The Morgan fingerprint density at radius 2 is 1.78 bits per heavy atom. The maximum Gasteiger partial charge on any atom is 0.344 e. The second kappa shape index (κ2) is 13.7. The molecule has 5 aliphatic heterocycles. The molecule has 1 aromatic heterocycles. The van der Waals surface area contributed by atoms with E-state index in [-0.39, 0.29) is 17.9 Å². The normalized spacial score (nSPS) is 34.7. The standard InChI is InChI=1S/C46H56N4O8/c1-8-28-21-29-24-45(41(52)56-6,37-31(15-19-49(25-28)26-29)30-13-10-11-14-34(30)47-37)33-22-32-35(23-36(33)55-5)48(4)39-44(32)17-20-50-18-12-16-43(9-2,38(44)50)40(58-27(3)51)46(39,54)42(53)57-7/h10-14,16,21-23,29,38-40,47,54H,8-9,15,17-20,24-26H2,1-7H3/t29-,38-,39+,40-,43-,44-,45-,46-/m1/s1. The van der Waals surface area contributed by atoms with Crippen LogP contribution < -0.4 is 9.64 Å². The third-order valence-corrected chi connectivity index (χ3v) is 15.1. The quantitative estimate of drug-likeness (QED) is 0.194.